The molecule has 1 aliphatic heterocycles. The van der Waals surface area contributed by atoms with Gasteiger partial charge in [0.25, 0.3) is 0 Å². The van der Waals surface area contributed by atoms with Crippen molar-refractivity contribution in [2.75, 3.05) is 20.2 Å². The third kappa shape index (κ3) is 2.97. The zero-order valence-electron chi connectivity index (χ0n) is 14.2. The van der Waals surface area contributed by atoms with Crippen LogP contribution in [-0.2, 0) is 10.0 Å². The van der Waals surface area contributed by atoms with Crippen LogP contribution in [-0.4, -0.2) is 47.9 Å². The Morgan fingerprint density at radius 3 is 2.38 bits per heavy atom. The maximum Gasteiger partial charge on any atom is 0.243 e. The van der Waals surface area contributed by atoms with Gasteiger partial charge in [-0.2, -0.15) is 4.31 Å². The van der Waals surface area contributed by atoms with Gasteiger partial charge in [0.2, 0.25) is 10.0 Å². The minimum absolute atomic E-state index is 0.00649. The Balaban J connectivity index is 1.46. The van der Waals surface area contributed by atoms with Gasteiger partial charge in [-0.3, -0.25) is 0 Å². The van der Waals surface area contributed by atoms with E-state index in [4.69, 9.17) is 4.74 Å². The topological polar surface area (TPSA) is 77.3 Å². The average molecular weight is 370 g/mol. The Labute approximate surface area is 151 Å². The minimum Gasteiger partial charge on any atom is -0.497 e. The largest absolute Gasteiger partial charge is 0.497 e. The van der Waals surface area contributed by atoms with Crippen LogP contribution in [0, 0.1) is 0 Å². The number of ether oxygens (including phenoxy) is 1. The summed E-state index contributed by atoms with van der Waals surface area (Å²) in [5.74, 6) is 0.626. The van der Waals surface area contributed by atoms with Gasteiger partial charge in [0.05, 0.1) is 24.2 Å². The van der Waals surface area contributed by atoms with Crippen LogP contribution in [0.1, 0.15) is 6.04 Å². The van der Waals surface area contributed by atoms with E-state index in [1.165, 1.54) is 4.31 Å². The molecule has 0 radical (unpaired) electrons. The summed E-state index contributed by atoms with van der Waals surface area (Å²) in [5.41, 5.74) is 1.77. The Morgan fingerprint density at radius 2 is 1.73 bits per heavy atom. The van der Waals surface area contributed by atoms with E-state index in [1.807, 2.05) is 36.5 Å². The molecule has 0 atom stereocenters. The molecule has 8 heteroatoms. The Hall–Kier alpha value is -2.71. The third-order valence-electron chi connectivity index (χ3n) is 4.48. The van der Waals surface area contributed by atoms with Gasteiger partial charge in [0.15, 0.2) is 0 Å². The van der Waals surface area contributed by atoms with E-state index in [0.717, 1.165) is 11.3 Å². The van der Waals surface area contributed by atoms with Crippen molar-refractivity contribution in [2.24, 2.45) is 0 Å². The van der Waals surface area contributed by atoms with Crippen LogP contribution in [0.4, 0.5) is 0 Å². The second kappa shape index (κ2) is 6.54. The molecule has 1 aromatic heterocycles. The van der Waals surface area contributed by atoms with Crippen molar-refractivity contribution in [1.82, 2.24) is 19.3 Å². The van der Waals surface area contributed by atoms with Crippen LogP contribution in [0.5, 0.6) is 5.75 Å². The summed E-state index contributed by atoms with van der Waals surface area (Å²) >= 11 is 0. The molecule has 0 aliphatic carbocycles. The highest BCUT2D eigenvalue weighted by atomic mass is 32.2. The molecule has 3 aromatic rings. The number of aromatic nitrogens is 3. The van der Waals surface area contributed by atoms with Crippen LogP contribution < -0.4 is 4.74 Å². The van der Waals surface area contributed by atoms with Crippen molar-refractivity contribution in [2.45, 2.75) is 10.9 Å². The zero-order chi connectivity index (χ0) is 18.1. The van der Waals surface area contributed by atoms with Crippen molar-refractivity contribution >= 4 is 10.0 Å². The predicted octanol–water partition coefficient (Wildman–Crippen LogP) is 2.20. The molecule has 0 saturated carbocycles. The quantitative estimate of drug-likeness (QED) is 0.688. The molecular formula is C18H18N4O3S. The molecule has 26 heavy (non-hydrogen) atoms. The van der Waals surface area contributed by atoms with Crippen LogP contribution in [0.15, 0.2) is 65.7 Å². The molecule has 2 heterocycles. The summed E-state index contributed by atoms with van der Waals surface area (Å²) in [6, 6.07) is 16.2. The first kappa shape index (κ1) is 16.7. The van der Waals surface area contributed by atoms with E-state index in [1.54, 1.807) is 36.1 Å². The molecule has 0 N–H and O–H groups in total. The fourth-order valence-electron chi connectivity index (χ4n) is 2.87. The number of hydrogen-bond donors (Lipinski definition) is 0. The second-order valence-electron chi connectivity index (χ2n) is 6.10. The van der Waals surface area contributed by atoms with Crippen LogP contribution in [0.3, 0.4) is 0 Å². The SMILES string of the molecule is COc1ccc(S(=O)(=O)N2CC(n3cc(-c4ccccc4)nn3)C2)cc1. The van der Waals surface area contributed by atoms with Gasteiger partial charge in [-0.25, -0.2) is 13.1 Å². The van der Waals surface area contributed by atoms with Gasteiger partial charge in [-0.05, 0) is 24.3 Å². The lowest BCUT2D eigenvalue weighted by atomic mass is 10.1. The molecule has 0 bridgehead atoms. The summed E-state index contributed by atoms with van der Waals surface area (Å²) in [5, 5.41) is 8.34. The van der Waals surface area contributed by atoms with E-state index in [-0.39, 0.29) is 10.9 Å². The highest BCUT2D eigenvalue weighted by Crippen LogP contribution is 2.29. The fraction of sp³-hybridized carbons (Fsp3) is 0.222. The van der Waals surface area contributed by atoms with Crippen molar-refractivity contribution < 1.29 is 13.2 Å². The number of sulfonamides is 1. The zero-order valence-corrected chi connectivity index (χ0v) is 15.0. The minimum atomic E-state index is -3.50. The van der Waals surface area contributed by atoms with E-state index in [0.29, 0.717) is 18.8 Å². The summed E-state index contributed by atoms with van der Waals surface area (Å²) in [6.07, 6.45) is 1.86. The smallest absolute Gasteiger partial charge is 0.243 e. The predicted molar refractivity (Wildman–Crippen MR) is 96.2 cm³/mol. The van der Waals surface area contributed by atoms with Crippen LogP contribution >= 0.6 is 0 Å². The molecule has 1 saturated heterocycles. The van der Waals surface area contributed by atoms with Crippen molar-refractivity contribution in [3.05, 3.63) is 60.8 Å². The molecule has 0 unspecified atom stereocenters. The van der Waals surface area contributed by atoms with Crippen LogP contribution in [0.2, 0.25) is 0 Å². The number of nitrogens with zero attached hydrogens (tertiary/aromatic N) is 4. The van der Waals surface area contributed by atoms with Crippen molar-refractivity contribution in [3.63, 3.8) is 0 Å². The molecule has 1 aliphatic rings. The van der Waals surface area contributed by atoms with E-state index < -0.39 is 10.0 Å². The van der Waals surface area contributed by atoms with Gasteiger partial charge in [0.1, 0.15) is 11.4 Å². The Morgan fingerprint density at radius 1 is 1.04 bits per heavy atom. The average Bonchev–Trinajstić information content (AvgIpc) is 3.10. The lowest BCUT2D eigenvalue weighted by molar-refractivity contribution is 0.189. The molecule has 2 aromatic carbocycles. The summed E-state index contributed by atoms with van der Waals surface area (Å²) in [6.45, 7) is 0.762. The molecule has 7 nitrogen and oxygen atoms in total. The van der Waals surface area contributed by atoms with Crippen molar-refractivity contribution in [3.8, 4) is 17.0 Å². The maximum atomic E-state index is 12.7. The normalized spacial score (nSPS) is 15.6. The van der Waals surface area contributed by atoms with Gasteiger partial charge in [-0.15, -0.1) is 5.10 Å². The molecular weight excluding hydrogens is 352 g/mol. The Kier molecular flexibility index (Phi) is 4.21. The summed E-state index contributed by atoms with van der Waals surface area (Å²) in [4.78, 5) is 0.264. The fourth-order valence-corrected chi connectivity index (χ4v) is 4.39. The van der Waals surface area contributed by atoms with Gasteiger partial charge in [0, 0.05) is 18.7 Å². The monoisotopic (exact) mass is 370 g/mol. The van der Waals surface area contributed by atoms with Gasteiger partial charge >= 0.3 is 0 Å². The van der Waals surface area contributed by atoms with E-state index >= 15 is 0 Å². The number of methoxy groups -OCH3 is 1. The van der Waals surface area contributed by atoms with E-state index in [2.05, 4.69) is 10.3 Å². The summed E-state index contributed by atoms with van der Waals surface area (Å²) < 4.78 is 33.6. The number of hydrogen-bond acceptors (Lipinski definition) is 5. The molecule has 1 fully saturated rings. The standard InChI is InChI=1S/C18H18N4O3S/c1-25-16-7-9-17(10-8-16)26(23,24)21-11-15(12-21)22-13-18(19-20-22)14-5-3-2-4-6-14/h2-10,13,15H,11-12H2,1H3. The maximum absolute atomic E-state index is 12.7. The Bertz CT molecular complexity index is 994. The lowest BCUT2D eigenvalue weighted by Crippen LogP contribution is -2.50. The first-order chi connectivity index (χ1) is 12.6. The number of rotatable bonds is 5. The highest BCUT2D eigenvalue weighted by molar-refractivity contribution is 7.89. The first-order valence-corrected chi connectivity index (χ1v) is 9.63. The highest BCUT2D eigenvalue weighted by Gasteiger charge is 2.38. The van der Waals surface area contributed by atoms with Gasteiger partial charge in [-0.1, -0.05) is 35.5 Å². The van der Waals surface area contributed by atoms with E-state index in [9.17, 15) is 8.42 Å². The molecule has 134 valence electrons. The lowest BCUT2D eigenvalue weighted by Gasteiger charge is -2.37. The second-order valence-corrected chi connectivity index (χ2v) is 8.04. The van der Waals surface area contributed by atoms with Crippen LogP contribution in [0.25, 0.3) is 11.3 Å². The molecule has 4 rings (SSSR count). The third-order valence-corrected chi connectivity index (χ3v) is 6.33. The molecule has 0 amide bonds. The number of benzene rings is 2. The van der Waals surface area contributed by atoms with Crippen molar-refractivity contribution in [1.29, 1.82) is 0 Å². The summed E-state index contributed by atoms with van der Waals surface area (Å²) in [7, 11) is -1.95. The first-order valence-electron chi connectivity index (χ1n) is 8.19. The van der Waals surface area contributed by atoms with Gasteiger partial charge < -0.3 is 4.74 Å². The molecule has 0 spiro atoms.